The summed E-state index contributed by atoms with van der Waals surface area (Å²) in [6, 6.07) is 0. The van der Waals surface area contributed by atoms with Crippen molar-refractivity contribution in [2.24, 2.45) is 0 Å². The molecule has 3 nitrogen and oxygen atoms in total. The van der Waals surface area contributed by atoms with Crippen molar-refractivity contribution in [3.8, 4) is 0 Å². The molecule has 0 saturated carbocycles. The van der Waals surface area contributed by atoms with Crippen LogP contribution in [0.2, 0.25) is 0 Å². The highest BCUT2D eigenvalue weighted by Crippen LogP contribution is 1.89. The molecule has 0 fully saturated rings. The average molecular weight is 159 g/mol. The van der Waals surface area contributed by atoms with Crippen molar-refractivity contribution in [3.05, 3.63) is 0 Å². The lowest BCUT2D eigenvalue weighted by Gasteiger charge is -2.12. The number of rotatable bonds is 5. The molecule has 0 aliphatic carbocycles. The summed E-state index contributed by atoms with van der Waals surface area (Å²) in [5.74, 6) is -0.104. The molecule has 0 amide bonds. The molecule has 0 aromatic carbocycles. The van der Waals surface area contributed by atoms with E-state index in [2.05, 4.69) is 11.8 Å². The zero-order valence-corrected chi connectivity index (χ0v) is 7.59. The molecule has 66 valence electrons. The van der Waals surface area contributed by atoms with Crippen LogP contribution in [0, 0.1) is 0 Å². The lowest BCUT2D eigenvalue weighted by atomic mass is 10.4. The second-order valence-electron chi connectivity index (χ2n) is 2.45. The molecule has 0 bridgehead atoms. The van der Waals surface area contributed by atoms with Crippen LogP contribution in [0.15, 0.2) is 0 Å². The molecule has 0 saturated heterocycles. The lowest BCUT2D eigenvalue weighted by molar-refractivity contribution is -0.143. The molecule has 0 atom stereocenters. The van der Waals surface area contributed by atoms with Crippen molar-refractivity contribution in [2.45, 2.75) is 20.3 Å². The van der Waals surface area contributed by atoms with E-state index in [9.17, 15) is 4.79 Å². The Morgan fingerprint density at radius 1 is 1.45 bits per heavy atom. The zero-order chi connectivity index (χ0) is 8.69. The van der Waals surface area contributed by atoms with Crippen LogP contribution < -0.4 is 0 Å². The van der Waals surface area contributed by atoms with Gasteiger partial charge in [-0.05, 0) is 20.5 Å². The molecule has 0 aromatic heterocycles. The Kier molecular flexibility index (Phi) is 5.84. The van der Waals surface area contributed by atoms with E-state index in [1.165, 1.54) is 0 Å². The minimum atomic E-state index is -0.104. The second-order valence-corrected chi connectivity index (χ2v) is 2.45. The Hall–Kier alpha value is -0.570. The van der Waals surface area contributed by atoms with Crippen molar-refractivity contribution in [3.63, 3.8) is 0 Å². The number of hydrogen-bond donors (Lipinski definition) is 0. The fraction of sp³-hybridized carbons (Fsp3) is 0.875. The van der Waals surface area contributed by atoms with E-state index in [0.29, 0.717) is 13.0 Å². The molecule has 11 heavy (non-hydrogen) atoms. The van der Waals surface area contributed by atoms with Gasteiger partial charge in [0.2, 0.25) is 0 Å². The number of hydrogen-bond acceptors (Lipinski definition) is 3. The van der Waals surface area contributed by atoms with Gasteiger partial charge in [0, 0.05) is 6.54 Å². The Morgan fingerprint density at radius 3 is 2.55 bits per heavy atom. The molecule has 0 radical (unpaired) electrons. The summed E-state index contributed by atoms with van der Waals surface area (Å²) in [6.07, 6.45) is 0.498. The molecule has 0 aliphatic heterocycles. The van der Waals surface area contributed by atoms with Crippen LogP contribution >= 0.6 is 0 Å². The molecular weight excluding hydrogens is 142 g/mol. The summed E-state index contributed by atoms with van der Waals surface area (Å²) in [7, 11) is 1.99. The van der Waals surface area contributed by atoms with Crippen LogP contribution in [-0.4, -0.2) is 37.6 Å². The number of carbonyl (C=O) groups excluding carboxylic acids is 1. The Bertz CT molecular complexity index is 115. The maximum Gasteiger partial charge on any atom is 0.307 e. The number of carbonyl (C=O) groups is 1. The van der Waals surface area contributed by atoms with Gasteiger partial charge in [0.1, 0.15) is 0 Å². The first-order valence-electron chi connectivity index (χ1n) is 4.04. The Balaban J connectivity index is 3.30. The van der Waals surface area contributed by atoms with E-state index in [1.54, 1.807) is 0 Å². The van der Waals surface area contributed by atoms with E-state index in [4.69, 9.17) is 4.74 Å². The summed E-state index contributed by atoms with van der Waals surface area (Å²) in [4.78, 5) is 12.9. The van der Waals surface area contributed by atoms with Crippen molar-refractivity contribution in [1.29, 1.82) is 0 Å². The smallest absolute Gasteiger partial charge is 0.307 e. The van der Waals surface area contributed by atoms with Crippen LogP contribution in [0.4, 0.5) is 0 Å². The highest BCUT2D eigenvalue weighted by Gasteiger charge is 2.02. The van der Waals surface area contributed by atoms with Crippen molar-refractivity contribution < 1.29 is 9.53 Å². The molecule has 0 heterocycles. The third-order valence-electron chi connectivity index (χ3n) is 1.54. The predicted octanol–water partition coefficient (Wildman–Crippen LogP) is 0.891. The first kappa shape index (κ1) is 10.4. The third-order valence-corrected chi connectivity index (χ3v) is 1.54. The standard InChI is InChI=1S/C8H17NO2/c1-4-9(3)7-6-8(10)11-5-2/h4-7H2,1-3H3. The molecular formula is C8H17NO2. The van der Waals surface area contributed by atoms with Crippen LogP contribution in [0.5, 0.6) is 0 Å². The van der Waals surface area contributed by atoms with Gasteiger partial charge in [0.25, 0.3) is 0 Å². The van der Waals surface area contributed by atoms with Gasteiger partial charge in [-0.2, -0.15) is 0 Å². The SMILES string of the molecule is CCOC(=O)CCN(C)CC. The average Bonchev–Trinajstić information content (AvgIpc) is 2.01. The quantitative estimate of drug-likeness (QED) is 0.558. The van der Waals surface area contributed by atoms with Gasteiger partial charge in [-0.25, -0.2) is 0 Å². The maximum atomic E-state index is 10.8. The fourth-order valence-electron chi connectivity index (χ4n) is 0.673. The molecule has 0 rings (SSSR count). The van der Waals surface area contributed by atoms with Gasteiger partial charge in [0.05, 0.1) is 13.0 Å². The number of ether oxygens (including phenoxy) is 1. The summed E-state index contributed by atoms with van der Waals surface area (Å²) < 4.78 is 4.77. The van der Waals surface area contributed by atoms with Crippen molar-refractivity contribution in [1.82, 2.24) is 4.90 Å². The largest absolute Gasteiger partial charge is 0.466 e. The molecule has 0 aromatic rings. The van der Waals surface area contributed by atoms with Gasteiger partial charge < -0.3 is 9.64 Å². The van der Waals surface area contributed by atoms with Crippen molar-refractivity contribution in [2.75, 3.05) is 26.7 Å². The zero-order valence-electron chi connectivity index (χ0n) is 7.59. The minimum Gasteiger partial charge on any atom is -0.466 e. The number of nitrogens with zero attached hydrogens (tertiary/aromatic N) is 1. The van der Waals surface area contributed by atoms with E-state index in [0.717, 1.165) is 13.1 Å². The van der Waals surface area contributed by atoms with Crippen LogP contribution in [0.25, 0.3) is 0 Å². The summed E-state index contributed by atoms with van der Waals surface area (Å²) in [5, 5.41) is 0. The fourth-order valence-corrected chi connectivity index (χ4v) is 0.673. The van der Waals surface area contributed by atoms with Crippen LogP contribution in [0.3, 0.4) is 0 Å². The summed E-state index contributed by atoms with van der Waals surface area (Å²) >= 11 is 0. The first-order valence-corrected chi connectivity index (χ1v) is 4.04. The Morgan fingerprint density at radius 2 is 2.09 bits per heavy atom. The van der Waals surface area contributed by atoms with Gasteiger partial charge in [-0.15, -0.1) is 0 Å². The van der Waals surface area contributed by atoms with Gasteiger partial charge in [-0.1, -0.05) is 6.92 Å². The molecule has 0 unspecified atom stereocenters. The minimum absolute atomic E-state index is 0.104. The first-order chi connectivity index (χ1) is 5.20. The highest BCUT2D eigenvalue weighted by molar-refractivity contribution is 5.69. The number of esters is 1. The lowest BCUT2D eigenvalue weighted by Crippen LogP contribution is -2.22. The molecule has 0 spiro atoms. The molecule has 0 aliphatic rings. The highest BCUT2D eigenvalue weighted by atomic mass is 16.5. The van der Waals surface area contributed by atoms with Gasteiger partial charge in [0.15, 0.2) is 0 Å². The second kappa shape index (κ2) is 6.16. The van der Waals surface area contributed by atoms with Crippen LogP contribution in [-0.2, 0) is 9.53 Å². The third kappa shape index (κ3) is 5.85. The van der Waals surface area contributed by atoms with E-state index in [1.807, 2.05) is 14.0 Å². The topological polar surface area (TPSA) is 29.5 Å². The predicted molar refractivity (Wildman–Crippen MR) is 44.4 cm³/mol. The van der Waals surface area contributed by atoms with Crippen molar-refractivity contribution >= 4 is 5.97 Å². The molecule has 3 heteroatoms. The monoisotopic (exact) mass is 159 g/mol. The van der Waals surface area contributed by atoms with E-state index < -0.39 is 0 Å². The van der Waals surface area contributed by atoms with Crippen LogP contribution in [0.1, 0.15) is 20.3 Å². The summed E-state index contributed by atoms with van der Waals surface area (Å²) in [5.41, 5.74) is 0. The van der Waals surface area contributed by atoms with E-state index in [-0.39, 0.29) is 5.97 Å². The van der Waals surface area contributed by atoms with Gasteiger partial charge >= 0.3 is 5.97 Å². The Labute approximate surface area is 68.3 Å². The van der Waals surface area contributed by atoms with Gasteiger partial charge in [-0.3, -0.25) is 4.79 Å². The maximum absolute atomic E-state index is 10.8. The van der Waals surface area contributed by atoms with E-state index >= 15 is 0 Å². The summed E-state index contributed by atoms with van der Waals surface area (Å²) in [6.45, 7) is 6.12. The normalized spacial score (nSPS) is 10.2. The molecule has 0 N–H and O–H groups in total.